The van der Waals surface area contributed by atoms with E-state index in [9.17, 15) is 19.4 Å². The van der Waals surface area contributed by atoms with E-state index in [1.54, 1.807) is 6.08 Å². The van der Waals surface area contributed by atoms with Gasteiger partial charge in [-0.05, 0) is 70.6 Å². The molecule has 0 fully saturated rings. The van der Waals surface area contributed by atoms with Crippen LogP contribution in [0.25, 0.3) is 0 Å². The SMILES string of the molecule is CCCCCCCCCC/C=C\CCCCCCCCCCCCCCCCCCCCCCCCCCCCCC(=O)NC(COP(=O)(O)OCC[N+](C)(C)C)C(O)/C=C/CC/C=C/CC/C=C/CCCCCCCCCCCCCCC. The Balaban J connectivity index is 3.97. The number of aliphatic hydroxyl groups excluding tert-OH is 1. The van der Waals surface area contributed by atoms with E-state index in [4.69, 9.17) is 9.05 Å². The minimum atomic E-state index is -4.37. The van der Waals surface area contributed by atoms with Crippen molar-refractivity contribution in [1.29, 1.82) is 0 Å². The van der Waals surface area contributed by atoms with E-state index in [0.29, 0.717) is 17.4 Å². The first-order valence-electron chi connectivity index (χ1n) is 37.0. The van der Waals surface area contributed by atoms with Crippen molar-refractivity contribution in [3.8, 4) is 0 Å². The Hall–Kier alpha value is -1.54. The summed E-state index contributed by atoms with van der Waals surface area (Å²) in [4.78, 5) is 23.4. The van der Waals surface area contributed by atoms with Crippen LogP contribution in [0.15, 0.2) is 48.6 Å². The number of nitrogens with one attached hydrogen (secondary N) is 1. The van der Waals surface area contributed by atoms with E-state index in [1.165, 1.54) is 308 Å². The lowest BCUT2D eigenvalue weighted by Crippen LogP contribution is -2.45. The number of allylic oxidation sites excluding steroid dienone is 7. The first kappa shape index (κ1) is 82.5. The molecule has 0 saturated heterocycles. The number of hydrogen-bond donors (Lipinski definition) is 3. The fourth-order valence-corrected chi connectivity index (χ4v) is 12.0. The zero-order valence-electron chi connectivity index (χ0n) is 56.9. The van der Waals surface area contributed by atoms with Gasteiger partial charge in [-0.1, -0.05) is 345 Å². The molecule has 0 heterocycles. The molecule has 0 aromatic heterocycles. The number of carbonyl (C=O) groups is 1. The van der Waals surface area contributed by atoms with Crippen LogP contribution in [0.1, 0.15) is 373 Å². The number of amides is 1. The maximum Gasteiger partial charge on any atom is 0.472 e. The summed E-state index contributed by atoms with van der Waals surface area (Å²) in [6.45, 7) is 4.84. The predicted molar refractivity (Wildman–Crippen MR) is 369 cm³/mol. The number of phosphoric ester groups is 1. The smallest absolute Gasteiger partial charge is 0.387 e. The molecule has 0 aliphatic carbocycles. The van der Waals surface area contributed by atoms with Crippen molar-refractivity contribution in [2.45, 2.75) is 386 Å². The highest BCUT2D eigenvalue weighted by Crippen LogP contribution is 2.43. The summed E-state index contributed by atoms with van der Waals surface area (Å²) in [5, 5.41) is 14.0. The van der Waals surface area contributed by atoms with Crippen LogP contribution in [0.3, 0.4) is 0 Å². The van der Waals surface area contributed by atoms with Gasteiger partial charge in [0.1, 0.15) is 13.2 Å². The number of phosphoric acid groups is 1. The van der Waals surface area contributed by atoms with Gasteiger partial charge >= 0.3 is 7.82 Å². The summed E-state index contributed by atoms with van der Waals surface area (Å²) in [7, 11) is 1.56. The molecule has 84 heavy (non-hydrogen) atoms. The number of likely N-dealkylation sites (N-methyl/N-ethyl adjacent to an activating group) is 1. The van der Waals surface area contributed by atoms with Gasteiger partial charge in [-0.25, -0.2) is 4.57 Å². The second kappa shape index (κ2) is 65.9. The molecule has 1 amide bonds. The molecule has 0 spiro atoms. The maximum atomic E-state index is 13.1. The summed E-state index contributed by atoms with van der Waals surface area (Å²) in [5.41, 5.74) is 0. The zero-order chi connectivity index (χ0) is 61.2. The Morgan fingerprint density at radius 2 is 0.655 bits per heavy atom. The molecule has 3 unspecified atom stereocenters. The molecule has 0 bridgehead atoms. The van der Waals surface area contributed by atoms with Crippen molar-refractivity contribution in [3.05, 3.63) is 48.6 Å². The summed E-state index contributed by atoms with van der Waals surface area (Å²) < 4.78 is 23.8. The lowest BCUT2D eigenvalue weighted by Gasteiger charge is -2.25. The quantitative estimate of drug-likeness (QED) is 0.0243. The lowest BCUT2D eigenvalue weighted by molar-refractivity contribution is -0.870. The van der Waals surface area contributed by atoms with E-state index in [1.807, 2.05) is 27.2 Å². The van der Waals surface area contributed by atoms with Crippen molar-refractivity contribution >= 4 is 13.7 Å². The number of aliphatic hydroxyl groups is 1. The van der Waals surface area contributed by atoms with Crippen LogP contribution in [0.5, 0.6) is 0 Å². The molecule has 3 N–H and O–H groups in total. The van der Waals surface area contributed by atoms with Crippen LogP contribution in [-0.2, 0) is 18.4 Å². The van der Waals surface area contributed by atoms with Crippen LogP contribution < -0.4 is 5.32 Å². The standard InChI is InChI=1S/C75H145N2O6P/c1-6-8-10-12-14-16-18-20-22-24-26-28-30-31-32-33-34-35-36-37-38-39-40-41-42-43-44-45-47-49-51-53-55-57-59-61-63-65-67-69-75(79)76-73(72-83-84(80,81)82-71-70-77(3,4)5)74(78)68-66-64-62-60-58-56-54-52-50-48-46-29-27-25-23-21-19-17-15-13-11-9-7-2/h24,26,50,52,58,60,66,68,73-74,78H,6-23,25,27-49,51,53-57,59,61-65,67,69-72H2,1-5H3,(H-,76,79,80,81)/p+1/b26-24-,52-50+,60-58+,68-66+. The molecule has 0 aromatic rings. The van der Waals surface area contributed by atoms with Gasteiger partial charge < -0.3 is 19.8 Å². The molecule has 3 atom stereocenters. The molecule has 0 aliphatic rings. The largest absolute Gasteiger partial charge is 0.472 e. The van der Waals surface area contributed by atoms with Crippen LogP contribution in [-0.4, -0.2) is 73.4 Å². The van der Waals surface area contributed by atoms with Gasteiger partial charge in [-0.2, -0.15) is 0 Å². The fraction of sp³-hybridized carbons (Fsp3) is 0.880. The Bertz CT molecular complexity index is 1510. The number of nitrogens with zero attached hydrogens (tertiary/aromatic N) is 1. The van der Waals surface area contributed by atoms with Crippen molar-refractivity contribution < 1.29 is 32.9 Å². The van der Waals surface area contributed by atoms with Gasteiger partial charge in [0, 0.05) is 6.42 Å². The maximum absolute atomic E-state index is 13.1. The van der Waals surface area contributed by atoms with Crippen molar-refractivity contribution in [2.24, 2.45) is 0 Å². The molecule has 496 valence electrons. The van der Waals surface area contributed by atoms with E-state index in [0.717, 1.165) is 44.9 Å². The highest BCUT2D eigenvalue weighted by Gasteiger charge is 2.28. The van der Waals surface area contributed by atoms with Crippen LogP contribution in [0, 0.1) is 0 Å². The van der Waals surface area contributed by atoms with E-state index in [2.05, 4.69) is 55.6 Å². The van der Waals surface area contributed by atoms with Gasteiger partial charge in [0.05, 0.1) is 39.9 Å². The summed E-state index contributed by atoms with van der Waals surface area (Å²) >= 11 is 0. The molecule has 0 aromatic carbocycles. The summed E-state index contributed by atoms with van der Waals surface area (Å²) in [6, 6.07) is -0.870. The molecule has 0 radical (unpaired) electrons. The molecule has 8 nitrogen and oxygen atoms in total. The molecule has 0 aliphatic heterocycles. The van der Waals surface area contributed by atoms with Crippen LogP contribution in [0.2, 0.25) is 0 Å². The Labute approximate surface area is 524 Å². The summed E-state index contributed by atoms with van der Waals surface area (Å²) in [6.07, 6.45) is 90.1. The normalized spacial score (nSPS) is 13.8. The molecular formula is C75H146N2O6P+. The Kier molecular flexibility index (Phi) is 64.7. The Morgan fingerprint density at radius 3 is 0.952 bits per heavy atom. The number of quaternary nitrogens is 1. The average Bonchev–Trinajstić information content (AvgIpc) is 3.56. The molecular weight excluding hydrogens is 1060 g/mol. The third-order valence-corrected chi connectivity index (χ3v) is 18.0. The topological polar surface area (TPSA) is 105 Å². The number of unbranched alkanes of at least 4 members (excludes halogenated alkanes) is 50. The molecule has 0 saturated carbocycles. The van der Waals surface area contributed by atoms with Crippen molar-refractivity contribution in [2.75, 3.05) is 40.9 Å². The number of rotatable bonds is 69. The van der Waals surface area contributed by atoms with Crippen LogP contribution in [0.4, 0.5) is 0 Å². The minimum absolute atomic E-state index is 0.0547. The van der Waals surface area contributed by atoms with E-state index < -0.39 is 20.0 Å². The first-order chi connectivity index (χ1) is 41.0. The monoisotopic (exact) mass is 1200 g/mol. The number of carbonyl (C=O) groups excluding carboxylic acids is 1. The third-order valence-electron chi connectivity index (χ3n) is 17.0. The average molecular weight is 1200 g/mol. The predicted octanol–water partition coefficient (Wildman–Crippen LogP) is 23.8. The van der Waals surface area contributed by atoms with Crippen molar-refractivity contribution in [3.63, 3.8) is 0 Å². The van der Waals surface area contributed by atoms with Gasteiger partial charge in [0.15, 0.2) is 0 Å². The molecule has 0 rings (SSSR count). The molecule has 9 heteroatoms. The van der Waals surface area contributed by atoms with Gasteiger partial charge in [-0.3, -0.25) is 13.8 Å². The summed E-state index contributed by atoms with van der Waals surface area (Å²) in [5.74, 6) is -0.184. The second-order valence-electron chi connectivity index (χ2n) is 26.7. The second-order valence-corrected chi connectivity index (χ2v) is 28.1. The van der Waals surface area contributed by atoms with Crippen LogP contribution >= 0.6 is 7.82 Å². The fourth-order valence-electron chi connectivity index (χ4n) is 11.3. The van der Waals surface area contributed by atoms with E-state index in [-0.39, 0.29) is 19.1 Å². The van der Waals surface area contributed by atoms with Gasteiger partial charge in [-0.15, -0.1) is 0 Å². The first-order valence-corrected chi connectivity index (χ1v) is 38.5. The highest BCUT2D eigenvalue weighted by atomic mass is 31.2. The third kappa shape index (κ3) is 68.0. The minimum Gasteiger partial charge on any atom is -0.387 e. The lowest BCUT2D eigenvalue weighted by atomic mass is 10.0. The number of hydrogen-bond acceptors (Lipinski definition) is 5. The van der Waals surface area contributed by atoms with Gasteiger partial charge in [0.2, 0.25) is 5.91 Å². The highest BCUT2D eigenvalue weighted by molar-refractivity contribution is 7.47. The van der Waals surface area contributed by atoms with Crippen molar-refractivity contribution in [1.82, 2.24) is 5.32 Å². The van der Waals surface area contributed by atoms with Gasteiger partial charge in [0.25, 0.3) is 0 Å². The van der Waals surface area contributed by atoms with E-state index >= 15 is 0 Å². The Morgan fingerprint density at radius 1 is 0.393 bits per heavy atom. The zero-order valence-corrected chi connectivity index (χ0v) is 57.8.